The molecule has 118 heavy (non-hydrogen) atoms. The van der Waals surface area contributed by atoms with Gasteiger partial charge in [-0.15, -0.1) is 0 Å². The molecule has 2 aliphatic carbocycles. The van der Waals surface area contributed by atoms with Crippen molar-refractivity contribution in [3.63, 3.8) is 0 Å². The van der Waals surface area contributed by atoms with E-state index in [2.05, 4.69) is 241 Å². The maximum absolute atomic E-state index is 14.5. The highest BCUT2D eigenvalue weighted by atomic mass is 16.5. The largest absolute Gasteiger partial charge is 0.423 e. The predicted molar refractivity (Wildman–Crippen MR) is 484 cm³/mol. The summed E-state index contributed by atoms with van der Waals surface area (Å²) in [5.41, 5.74) is 24.3. The van der Waals surface area contributed by atoms with Crippen LogP contribution in [0, 0.1) is 55.4 Å². The van der Waals surface area contributed by atoms with E-state index in [1.54, 1.807) is 54.6 Å². The highest BCUT2D eigenvalue weighted by molar-refractivity contribution is 6.11. The summed E-state index contributed by atoms with van der Waals surface area (Å²) in [5, 5.41) is 13.0. The number of hydrogen-bond acceptors (Lipinski definition) is 8. The van der Waals surface area contributed by atoms with E-state index in [1.165, 1.54) is 35.1 Å². The lowest BCUT2D eigenvalue weighted by molar-refractivity contribution is 0.0724. The molecule has 0 saturated heterocycles. The van der Waals surface area contributed by atoms with Crippen molar-refractivity contribution in [1.82, 2.24) is 0 Å². The van der Waals surface area contributed by atoms with Crippen LogP contribution >= 0.6 is 0 Å². The molecule has 12 heteroatoms. The van der Waals surface area contributed by atoms with Gasteiger partial charge in [0.25, 0.3) is 23.6 Å². The van der Waals surface area contributed by atoms with Crippen molar-refractivity contribution in [3.05, 3.63) is 304 Å². The van der Waals surface area contributed by atoms with Crippen LogP contribution in [-0.4, -0.2) is 35.6 Å². The zero-order valence-corrected chi connectivity index (χ0v) is 74.1. The summed E-state index contributed by atoms with van der Waals surface area (Å²) in [6, 6.07) is 57.3. The third-order valence-electron chi connectivity index (χ3n) is 24.7. The molecule has 0 unspecified atom stereocenters. The van der Waals surface area contributed by atoms with E-state index in [0.29, 0.717) is 44.9 Å². The van der Waals surface area contributed by atoms with Gasteiger partial charge in [-0.05, 0) is 299 Å². The number of amides is 4. The van der Waals surface area contributed by atoms with Gasteiger partial charge in [-0.3, -0.25) is 19.2 Å². The maximum Gasteiger partial charge on any atom is 0.343 e. The summed E-state index contributed by atoms with van der Waals surface area (Å²) in [6.45, 7) is 48.7. The minimum absolute atomic E-state index is 0.0799. The molecule has 2 spiro atoms. The number of ether oxygens (including phenoxy) is 2. The monoisotopic (exact) mass is 1580 g/mol. The number of hydrogen-bond donors (Lipinski definition) is 4. The average molecular weight is 1580 g/mol. The summed E-state index contributed by atoms with van der Waals surface area (Å²) in [5.74, 6) is -0.786. The van der Waals surface area contributed by atoms with Crippen molar-refractivity contribution in [1.29, 1.82) is 0 Å². The normalized spacial score (nSPS) is 15.3. The van der Waals surface area contributed by atoms with E-state index in [4.69, 9.17) is 9.47 Å². The molecule has 22 rings (SSSR count). The zero-order chi connectivity index (χ0) is 85.7. The fourth-order valence-electron chi connectivity index (χ4n) is 17.4. The molecule has 10 aliphatic heterocycles. The number of anilines is 4. The van der Waals surface area contributed by atoms with Crippen LogP contribution in [-0.2, 0) is 37.9 Å². The Kier molecular flexibility index (Phi) is 24.5. The van der Waals surface area contributed by atoms with E-state index < -0.39 is 11.9 Å². The number of carbonyl (C=O) groups is 6. The van der Waals surface area contributed by atoms with Crippen LogP contribution in [0.25, 0.3) is 11.1 Å². The number of esters is 2. The Hall–Kier alpha value is -11.0. The van der Waals surface area contributed by atoms with Crippen molar-refractivity contribution in [3.8, 4) is 22.6 Å². The Bertz CT molecular complexity index is 5080. The molecule has 12 aliphatic rings. The van der Waals surface area contributed by atoms with Gasteiger partial charge in [0.2, 0.25) is 0 Å². The zero-order valence-electron chi connectivity index (χ0n) is 74.1. The minimum atomic E-state index is -0.402. The van der Waals surface area contributed by atoms with Crippen LogP contribution in [0.4, 0.5) is 22.7 Å². The first-order valence-electron chi connectivity index (χ1n) is 42.2. The molecule has 10 aromatic carbocycles. The van der Waals surface area contributed by atoms with Crippen molar-refractivity contribution in [2.75, 3.05) is 21.3 Å². The van der Waals surface area contributed by atoms with Crippen LogP contribution in [0.5, 0.6) is 11.5 Å². The first-order chi connectivity index (χ1) is 55.3. The number of aryl methyl sites for hydroxylation is 8. The lowest BCUT2D eigenvalue weighted by Gasteiger charge is -2.40. The molecular weight excluding hydrogens is 1460 g/mol. The van der Waals surface area contributed by atoms with Crippen LogP contribution in [0.3, 0.4) is 0 Å². The first kappa shape index (κ1) is 86.4. The van der Waals surface area contributed by atoms with Gasteiger partial charge in [0.1, 0.15) is 11.5 Å². The molecule has 2 fully saturated rings. The average Bonchev–Trinajstić information content (AvgIpc) is 0.750. The van der Waals surface area contributed by atoms with Gasteiger partial charge in [-0.2, -0.15) is 0 Å². The van der Waals surface area contributed by atoms with Gasteiger partial charge in [0, 0.05) is 55.8 Å². The standard InChI is InChI=1S/C64H72N4O4.C42H50O4/c1-37-25-50-26-38(2)54(37)65-58(69)45-19-18-20-46(33-45)59(70)66-55-39(3)27-51(28-40(55)4)64(23-16-13-17-24-64)53-31-43(7)57(44(8)32-53)68-61(72)48-34-47(35-49(36-48)62(9,10)11)60(71)67-56-41(5)29-52(30-42(56)6)63(50)21-14-12-15-22-63;1-39(2,3)31-21-32(40(4,5)6)24-35(23-31)45-37(43)29-17-13-27(14-18-29)28-15-19-30(20-16-28)38(44)46-36-25-33(41(7,8)9)22-34(26-36)42(10,11)12/h18-20,25-36H,12-17,21-24H2,1-11H3,(H,65,69)(H,66,70)(H,67,71)(H,68,72);13-26H,1-12H3. The number of rotatable bonds is 5. The van der Waals surface area contributed by atoms with Gasteiger partial charge in [0.05, 0.1) is 11.1 Å². The molecule has 12 nitrogen and oxygen atoms in total. The second kappa shape index (κ2) is 33.4. The molecule has 614 valence electrons. The molecule has 4 N–H and O–H groups in total. The van der Waals surface area contributed by atoms with Crippen LogP contribution in [0.2, 0.25) is 0 Å². The lowest BCUT2D eigenvalue weighted by atomic mass is 9.64. The summed E-state index contributed by atoms with van der Waals surface area (Å²) < 4.78 is 11.7. The summed E-state index contributed by atoms with van der Waals surface area (Å²) in [6.07, 6.45) is 10.6. The van der Waals surface area contributed by atoms with E-state index in [9.17, 15) is 28.8 Å². The van der Waals surface area contributed by atoms with Gasteiger partial charge in [-0.1, -0.05) is 233 Å². The quantitative estimate of drug-likeness (QED) is 0.0975. The Labute approximate surface area is 701 Å². The molecule has 2 saturated carbocycles. The highest BCUT2D eigenvalue weighted by Gasteiger charge is 2.40. The minimum Gasteiger partial charge on any atom is -0.423 e. The topological polar surface area (TPSA) is 169 Å². The van der Waals surface area contributed by atoms with Crippen molar-refractivity contribution < 1.29 is 38.2 Å². The summed E-state index contributed by atoms with van der Waals surface area (Å²) in [4.78, 5) is 83.5. The number of benzene rings is 10. The molecule has 0 radical (unpaired) electrons. The fraction of sp³-hybridized carbons (Fsp3) is 0.377. The van der Waals surface area contributed by atoms with Gasteiger partial charge in [-0.25, -0.2) is 9.59 Å². The fourth-order valence-corrected chi connectivity index (χ4v) is 17.4. The lowest BCUT2D eigenvalue weighted by Crippen LogP contribution is -2.31. The number of nitrogens with one attached hydrogen (secondary N) is 4. The van der Waals surface area contributed by atoms with E-state index >= 15 is 0 Å². The Morgan fingerprint density at radius 1 is 0.271 bits per heavy atom. The van der Waals surface area contributed by atoms with E-state index in [1.807, 2.05) is 60.7 Å². The summed E-state index contributed by atoms with van der Waals surface area (Å²) in [7, 11) is 0. The molecule has 0 atom stereocenters. The molecule has 0 aromatic heterocycles. The third kappa shape index (κ3) is 18.9. The van der Waals surface area contributed by atoms with Gasteiger partial charge in [0.15, 0.2) is 0 Å². The SMILES string of the molecule is CC(C)(C)c1cc(OC(=O)c2ccc(-c3ccc(C(=O)Oc4cc(C(C)(C)C)cc(C(C)(C)C)c4)cc3)cc2)cc(C(C)(C)C)c1.Cc1cc2cc(C)c1NC(=O)c1cccc(c1)C(=O)Nc1c(C)cc(cc1C)C1(CCCCC1)c1cc(C)c(c(C)c1)NC(=O)c1cc(cc(C(C)(C)C)c1)C(=O)Nc1c(C)cc(cc1C)C21CCCCC1. The Balaban J connectivity index is 0.000000240. The van der Waals surface area contributed by atoms with Gasteiger partial charge >= 0.3 is 11.9 Å². The smallest absolute Gasteiger partial charge is 0.343 e. The molecule has 10 heterocycles. The molecule has 4 amide bonds. The van der Waals surface area contributed by atoms with Crippen molar-refractivity contribution >= 4 is 58.3 Å². The molecular formula is C106H122N4O8. The van der Waals surface area contributed by atoms with Crippen molar-refractivity contribution in [2.45, 2.75) is 261 Å². The van der Waals surface area contributed by atoms with Crippen LogP contribution in [0.15, 0.2) is 176 Å². The molecule has 10 aromatic rings. The Morgan fingerprint density at radius 3 is 0.746 bits per heavy atom. The Morgan fingerprint density at radius 2 is 0.500 bits per heavy atom. The summed E-state index contributed by atoms with van der Waals surface area (Å²) >= 11 is 0. The number of carbonyl (C=O) groups excluding carboxylic acids is 6. The maximum atomic E-state index is 14.5. The van der Waals surface area contributed by atoms with Gasteiger partial charge < -0.3 is 30.7 Å². The molecule has 12 bridgehead atoms. The third-order valence-corrected chi connectivity index (χ3v) is 24.7. The predicted octanol–water partition coefficient (Wildman–Crippen LogP) is 26.3. The second-order valence-electron chi connectivity index (χ2n) is 39.1. The first-order valence-corrected chi connectivity index (χ1v) is 42.2. The second-order valence-corrected chi connectivity index (χ2v) is 39.1. The van der Waals surface area contributed by atoms with Crippen LogP contribution < -0.4 is 30.7 Å². The van der Waals surface area contributed by atoms with E-state index in [-0.39, 0.29) is 61.5 Å². The van der Waals surface area contributed by atoms with Crippen molar-refractivity contribution in [2.24, 2.45) is 0 Å². The van der Waals surface area contributed by atoms with E-state index in [0.717, 1.165) is 158 Å². The highest BCUT2D eigenvalue weighted by Crippen LogP contribution is 2.50. The van der Waals surface area contributed by atoms with Crippen LogP contribution in [0.1, 0.15) is 325 Å².